The van der Waals surface area contributed by atoms with E-state index in [1.54, 1.807) is 0 Å². The average molecular weight is 344 g/mol. The van der Waals surface area contributed by atoms with Crippen LogP contribution in [0.4, 0.5) is 17.6 Å². The van der Waals surface area contributed by atoms with Crippen molar-refractivity contribution in [2.24, 2.45) is 0 Å². The first-order valence-corrected chi connectivity index (χ1v) is 6.53. The second kappa shape index (κ2) is 5.80. The minimum absolute atomic E-state index is 0.00482. The van der Waals surface area contributed by atoms with Crippen LogP contribution in [0.25, 0.3) is 11.1 Å². The lowest BCUT2D eigenvalue weighted by Gasteiger charge is -2.11. The van der Waals surface area contributed by atoms with Crippen molar-refractivity contribution in [1.29, 1.82) is 0 Å². The largest absolute Gasteiger partial charge is 0.203 e. The van der Waals surface area contributed by atoms with Crippen molar-refractivity contribution < 1.29 is 17.6 Å². The van der Waals surface area contributed by atoms with Gasteiger partial charge in [0.25, 0.3) is 0 Å². The van der Waals surface area contributed by atoms with E-state index in [4.69, 9.17) is 34.8 Å². The lowest BCUT2D eigenvalue weighted by atomic mass is 10.0. The normalized spacial score (nSPS) is 10.9. The van der Waals surface area contributed by atoms with Crippen LogP contribution in [0.1, 0.15) is 5.56 Å². The molecule has 0 unspecified atom stereocenters. The topological polar surface area (TPSA) is 0 Å². The van der Waals surface area contributed by atoms with Crippen LogP contribution in [0.5, 0.6) is 0 Å². The quantitative estimate of drug-likeness (QED) is 0.359. The number of hydrogen-bond donors (Lipinski definition) is 0. The number of alkyl halides is 1. The molecule has 0 aromatic heterocycles. The van der Waals surface area contributed by atoms with Gasteiger partial charge in [-0.1, -0.05) is 29.3 Å². The molecule has 0 fully saturated rings. The van der Waals surface area contributed by atoms with E-state index in [0.29, 0.717) is 0 Å². The molecule has 20 heavy (non-hydrogen) atoms. The summed E-state index contributed by atoms with van der Waals surface area (Å²) >= 11 is 16.7. The van der Waals surface area contributed by atoms with E-state index in [0.717, 1.165) is 6.07 Å². The van der Waals surface area contributed by atoms with Gasteiger partial charge in [-0.05, 0) is 17.7 Å². The summed E-state index contributed by atoms with van der Waals surface area (Å²) in [5.41, 5.74) is -1.84. The number of hydrogen-bond acceptors (Lipinski definition) is 0. The first-order chi connectivity index (χ1) is 9.38. The van der Waals surface area contributed by atoms with E-state index in [-0.39, 0.29) is 15.6 Å². The highest BCUT2D eigenvalue weighted by Crippen LogP contribution is 2.35. The van der Waals surface area contributed by atoms with Gasteiger partial charge < -0.3 is 0 Å². The van der Waals surface area contributed by atoms with Gasteiger partial charge in [-0.25, -0.2) is 17.6 Å². The van der Waals surface area contributed by atoms with Crippen molar-refractivity contribution in [1.82, 2.24) is 0 Å². The molecule has 0 atom stereocenters. The summed E-state index contributed by atoms with van der Waals surface area (Å²) in [6.45, 7) is 0. The summed E-state index contributed by atoms with van der Waals surface area (Å²) < 4.78 is 55.1. The fourth-order valence-electron chi connectivity index (χ4n) is 1.70. The highest BCUT2D eigenvalue weighted by molar-refractivity contribution is 6.42. The Morgan fingerprint density at radius 2 is 1.35 bits per heavy atom. The minimum Gasteiger partial charge on any atom is -0.203 e. The van der Waals surface area contributed by atoms with Crippen LogP contribution in [0.15, 0.2) is 18.2 Å². The Labute approximate surface area is 126 Å². The zero-order chi connectivity index (χ0) is 15.0. The lowest BCUT2D eigenvalue weighted by molar-refractivity contribution is 0.448. The molecule has 0 aliphatic carbocycles. The van der Waals surface area contributed by atoms with Crippen molar-refractivity contribution in [2.75, 3.05) is 0 Å². The molecule has 0 N–H and O–H groups in total. The summed E-state index contributed by atoms with van der Waals surface area (Å²) in [6.07, 6.45) is 0. The molecule has 2 rings (SSSR count). The van der Waals surface area contributed by atoms with Gasteiger partial charge >= 0.3 is 0 Å². The van der Waals surface area contributed by atoms with Crippen molar-refractivity contribution in [3.05, 3.63) is 57.1 Å². The molecule has 0 amide bonds. The maximum absolute atomic E-state index is 13.9. The number of benzene rings is 2. The zero-order valence-corrected chi connectivity index (χ0v) is 11.9. The standard InChI is InChI=1S/C13H5Cl3F4/c14-4-6-10(17)12(19)9(13(20)11(6)18)5-1-2-7(15)8(16)3-5/h1-3H,4H2. The van der Waals surface area contributed by atoms with E-state index in [2.05, 4.69) is 0 Å². The van der Waals surface area contributed by atoms with Crippen LogP contribution >= 0.6 is 34.8 Å². The molecule has 2 aromatic rings. The van der Waals surface area contributed by atoms with E-state index in [9.17, 15) is 17.6 Å². The maximum atomic E-state index is 13.9. The van der Waals surface area contributed by atoms with Crippen LogP contribution in [-0.2, 0) is 5.88 Å². The Morgan fingerprint density at radius 1 is 0.800 bits per heavy atom. The molecule has 0 saturated heterocycles. The lowest BCUT2D eigenvalue weighted by Crippen LogP contribution is -2.05. The van der Waals surface area contributed by atoms with Crippen LogP contribution in [0.3, 0.4) is 0 Å². The van der Waals surface area contributed by atoms with Crippen molar-refractivity contribution >= 4 is 34.8 Å². The smallest absolute Gasteiger partial charge is 0.170 e. The van der Waals surface area contributed by atoms with E-state index < -0.39 is 40.3 Å². The fourth-order valence-corrected chi connectivity index (χ4v) is 2.23. The predicted molar refractivity (Wildman–Crippen MR) is 71.3 cm³/mol. The van der Waals surface area contributed by atoms with E-state index >= 15 is 0 Å². The molecule has 2 aromatic carbocycles. The van der Waals surface area contributed by atoms with Gasteiger partial charge in [-0.3, -0.25) is 0 Å². The minimum atomic E-state index is -1.53. The first-order valence-electron chi connectivity index (χ1n) is 5.24. The monoisotopic (exact) mass is 342 g/mol. The molecule has 0 spiro atoms. The first kappa shape index (κ1) is 15.4. The maximum Gasteiger partial charge on any atom is 0.170 e. The molecular formula is C13H5Cl3F4. The van der Waals surface area contributed by atoms with E-state index in [1.807, 2.05) is 0 Å². The second-order valence-corrected chi connectivity index (χ2v) is 4.95. The summed E-state index contributed by atoms with van der Waals surface area (Å²) in [5, 5.41) is 0.153. The van der Waals surface area contributed by atoms with Gasteiger partial charge in [-0.15, -0.1) is 11.6 Å². The zero-order valence-electron chi connectivity index (χ0n) is 9.58. The van der Waals surface area contributed by atoms with Gasteiger partial charge in [0.2, 0.25) is 0 Å². The summed E-state index contributed by atoms with van der Waals surface area (Å²) in [7, 11) is 0. The summed E-state index contributed by atoms with van der Waals surface area (Å²) in [5.74, 6) is -6.80. The third-order valence-electron chi connectivity index (χ3n) is 2.70. The van der Waals surface area contributed by atoms with Gasteiger partial charge in [0.05, 0.1) is 21.5 Å². The van der Waals surface area contributed by atoms with Crippen molar-refractivity contribution in [3.8, 4) is 11.1 Å². The molecule has 0 radical (unpaired) electrons. The predicted octanol–water partition coefficient (Wildman–Crippen LogP) is 5.96. The summed E-state index contributed by atoms with van der Waals surface area (Å²) in [6, 6.07) is 3.59. The average Bonchev–Trinajstić information content (AvgIpc) is 2.41. The Kier molecular flexibility index (Phi) is 4.47. The molecule has 7 heteroatoms. The van der Waals surface area contributed by atoms with Crippen LogP contribution in [0.2, 0.25) is 10.0 Å². The molecular weight excluding hydrogens is 338 g/mol. The van der Waals surface area contributed by atoms with Crippen LogP contribution in [0, 0.1) is 23.3 Å². The second-order valence-electron chi connectivity index (χ2n) is 3.87. The highest BCUT2D eigenvalue weighted by atomic mass is 35.5. The molecule has 106 valence electrons. The SMILES string of the molecule is Fc1c(F)c(-c2ccc(Cl)c(Cl)c2)c(F)c(F)c1CCl. The Balaban J connectivity index is 2.77. The number of halogens is 7. The Bertz CT molecular complexity index is 657. The van der Waals surface area contributed by atoms with Crippen LogP contribution in [-0.4, -0.2) is 0 Å². The molecule has 0 bridgehead atoms. The third kappa shape index (κ3) is 2.48. The van der Waals surface area contributed by atoms with Gasteiger partial charge in [0.15, 0.2) is 23.3 Å². The molecule has 0 aliphatic heterocycles. The van der Waals surface area contributed by atoms with Gasteiger partial charge in [0.1, 0.15) is 0 Å². The van der Waals surface area contributed by atoms with Crippen LogP contribution < -0.4 is 0 Å². The Hall–Kier alpha value is -0.970. The highest BCUT2D eigenvalue weighted by Gasteiger charge is 2.25. The van der Waals surface area contributed by atoms with Crippen molar-refractivity contribution in [2.45, 2.75) is 5.88 Å². The molecule has 0 nitrogen and oxygen atoms in total. The molecule has 0 aliphatic rings. The van der Waals surface area contributed by atoms with Gasteiger partial charge in [0, 0.05) is 5.56 Å². The fraction of sp³-hybridized carbons (Fsp3) is 0.0769. The molecule has 0 saturated carbocycles. The molecule has 0 heterocycles. The third-order valence-corrected chi connectivity index (χ3v) is 3.70. The van der Waals surface area contributed by atoms with Crippen molar-refractivity contribution in [3.63, 3.8) is 0 Å². The Morgan fingerprint density at radius 3 is 1.80 bits per heavy atom. The number of rotatable bonds is 2. The van der Waals surface area contributed by atoms with E-state index in [1.165, 1.54) is 12.1 Å². The summed E-state index contributed by atoms with van der Waals surface area (Å²) in [4.78, 5) is 0. The van der Waals surface area contributed by atoms with Gasteiger partial charge in [-0.2, -0.15) is 0 Å².